The fourth-order valence-electron chi connectivity index (χ4n) is 3.14. The highest BCUT2D eigenvalue weighted by molar-refractivity contribution is 5.91. The molecule has 1 atom stereocenters. The molecule has 0 saturated heterocycles. The number of nitrogens with two attached hydrogens (primary N) is 1. The fraction of sp³-hybridized carbons (Fsp3) is 0.391. The van der Waals surface area contributed by atoms with E-state index in [2.05, 4.69) is 68.7 Å². The van der Waals surface area contributed by atoms with Gasteiger partial charge in [-0.2, -0.15) is 5.26 Å². The Labute approximate surface area is 162 Å². The summed E-state index contributed by atoms with van der Waals surface area (Å²) in [4.78, 5) is 12.3. The van der Waals surface area contributed by atoms with Crippen molar-refractivity contribution in [2.75, 3.05) is 11.9 Å². The molecule has 4 heteroatoms. The van der Waals surface area contributed by atoms with Crippen LogP contribution in [0.15, 0.2) is 48.5 Å². The van der Waals surface area contributed by atoms with Gasteiger partial charge in [-0.3, -0.25) is 4.79 Å². The van der Waals surface area contributed by atoms with Crippen LogP contribution in [0.4, 0.5) is 5.69 Å². The van der Waals surface area contributed by atoms with Gasteiger partial charge in [0, 0.05) is 17.2 Å². The van der Waals surface area contributed by atoms with Crippen molar-refractivity contribution < 1.29 is 10.1 Å². The molecule has 0 radical (unpaired) electrons. The van der Waals surface area contributed by atoms with Gasteiger partial charge >= 0.3 is 0 Å². The van der Waals surface area contributed by atoms with E-state index in [1.54, 1.807) is 0 Å². The number of hydrogen-bond donors (Lipinski definition) is 2. The molecule has 0 aromatic heterocycles. The van der Waals surface area contributed by atoms with Crippen LogP contribution in [0, 0.1) is 17.2 Å². The first kappa shape index (κ1) is 20.7. The van der Waals surface area contributed by atoms with Crippen molar-refractivity contribution in [3.05, 3.63) is 65.2 Å². The molecule has 3 N–H and O–H groups in total. The highest BCUT2D eigenvalue weighted by Gasteiger charge is 2.20. The minimum absolute atomic E-state index is 0.0208. The number of rotatable bonds is 8. The minimum atomic E-state index is -0.0208. The lowest BCUT2D eigenvalue weighted by Crippen LogP contribution is -2.88. The highest BCUT2D eigenvalue weighted by atomic mass is 16.1. The quantitative estimate of drug-likeness (QED) is 0.748. The summed E-state index contributed by atoms with van der Waals surface area (Å²) >= 11 is 0. The monoisotopic (exact) mass is 364 g/mol. The zero-order valence-electron chi connectivity index (χ0n) is 16.7. The SMILES string of the molecule is CC(C)c1ccc([C@@H]([NH2+]CC(=O)Nc2ccc(CC#N)cc2)C(C)C)cc1. The third-order valence-corrected chi connectivity index (χ3v) is 4.78. The van der Waals surface area contributed by atoms with Crippen LogP contribution >= 0.6 is 0 Å². The van der Waals surface area contributed by atoms with E-state index in [4.69, 9.17) is 5.26 Å². The summed E-state index contributed by atoms with van der Waals surface area (Å²) in [6.45, 7) is 9.12. The van der Waals surface area contributed by atoms with Crippen molar-refractivity contribution in [3.8, 4) is 6.07 Å². The van der Waals surface area contributed by atoms with E-state index in [1.165, 1.54) is 11.1 Å². The summed E-state index contributed by atoms with van der Waals surface area (Å²) in [5.41, 5.74) is 4.30. The van der Waals surface area contributed by atoms with E-state index in [0.717, 1.165) is 11.3 Å². The molecule has 0 aliphatic rings. The summed E-state index contributed by atoms with van der Waals surface area (Å²) in [5.74, 6) is 0.923. The Morgan fingerprint density at radius 1 is 1.00 bits per heavy atom. The second-order valence-electron chi connectivity index (χ2n) is 7.61. The second kappa shape index (κ2) is 9.89. The first-order valence-corrected chi connectivity index (χ1v) is 9.59. The van der Waals surface area contributed by atoms with Gasteiger partial charge in [-0.1, -0.05) is 64.1 Å². The third kappa shape index (κ3) is 6.23. The van der Waals surface area contributed by atoms with E-state index in [-0.39, 0.29) is 11.9 Å². The fourth-order valence-corrected chi connectivity index (χ4v) is 3.14. The molecule has 1 amide bonds. The lowest BCUT2D eigenvalue weighted by atomic mass is 9.93. The smallest absolute Gasteiger partial charge is 0.279 e. The number of benzene rings is 2. The van der Waals surface area contributed by atoms with E-state index in [0.29, 0.717) is 24.8 Å². The summed E-state index contributed by atoms with van der Waals surface area (Å²) in [7, 11) is 0. The summed E-state index contributed by atoms with van der Waals surface area (Å²) < 4.78 is 0. The molecule has 27 heavy (non-hydrogen) atoms. The van der Waals surface area contributed by atoms with Crippen molar-refractivity contribution in [2.45, 2.75) is 46.1 Å². The van der Waals surface area contributed by atoms with Crippen molar-refractivity contribution in [3.63, 3.8) is 0 Å². The average molecular weight is 365 g/mol. The molecule has 0 aliphatic heterocycles. The normalized spacial score (nSPS) is 12.0. The molecule has 0 unspecified atom stereocenters. The maximum absolute atomic E-state index is 12.3. The topological polar surface area (TPSA) is 69.5 Å². The van der Waals surface area contributed by atoms with Gasteiger partial charge in [0.15, 0.2) is 6.54 Å². The predicted octanol–water partition coefficient (Wildman–Crippen LogP) is 3.78. The Morgan fingerprint density at radius 3 is 2.11 bits per heavy atom. The number of nitrogens with zero attached hydrogens (tertiary/aromatic N) is 1. The molecule has 0 fully saturated rings. The number of hydrogen-bond acceptors (Lipinski definition) is 2. The minimum Gasteiger partial charge on any atom is -0.332 e. The molecule has 2 aromatic carbocycles. The second-order valence-corrected chi connectivity index (χ2v) is 7.61. The number of carbonyl (C=O) groups excluding carboxylic acids is 1. The molecule has 0 heterocycles. The first-order valence-electron chi connectivity index (χ1n) is 9.59. The average Bonchev–Trinajstić information content (AvgIpc) is 2.64. The summed E-state index contributed by atoms with van der Waals surface area (Å²) in [6.07, 6.45) is 0.383. The Kier molecular flexibility index (Phi) is 7.57. The maximum atomic E-state index is 12.3. The van der Waals surface area contributed by atoms with Crippen LogP contribution in [0.25, 0.3) is 0 Å². The molecule has 0 bridgehead atoms. The number of quaternary nitrogens is 1. The van der Waals surface area contributed by atoms with Crippen molar-refractivity contribution in [2.24, 2.45) is 5.92 Å². The van der Waals surface area contributed by atoms with Gasteiger partial charge < -0.3 is 10.6 Å². The molecule has 0 saturated carbocycles. The van der Waals surface area contributed by atoms with Crippen LogP contribution in [0.2, 0.25) is 0 Å². The van der Waals surface area contributed by atoms with Crippen LogP contribution < -0.4 is 10.6 Å². The van der Waals surface area contributed by atoms with Crippen LogP contribution in [-0.4, -0.2) is 12.5 Å². The van der Waals surface area contributed by atoms with Crippen molar-refractivity contribution in [1.29, 1.82) is 5.26 Å². The Balaban J connectivity index is 1.94. The Hall–Kier alpha value is -2.64. The maximum Gasteiger partial charge on any atom is 0.279 e. The van der Waals surface area contributed by atoms with Gasteiger partial charge in [0.25, 0.3) is 5.91 Å². The Morgan fingerprint density at radius 2 is 1.59 bits per heavy atom. The zero-order chi connectivity index (χ0) is 19.8. The third-order valence-electron chi connectivity index (χ3n) is 4.78. The molecular formula is C23H30N3O+. The summed E-state index contributed by atoms with van der Waals surface area (Å²) in [5, 5.41) is 13.7. The number of carbonyl (C=O) groups is 1. The molecule has 4 nitrogen and oxygen atoms in total. The number of anilines is 1. The molecule has 2 rings (SSSR count). The molecule has 0 aliphatic carbocycles. The Bertz CT molecular complexity index is 771. The number of nitriles is 1. The summed E-state index contributed by atoms with van der Waals surface area (Å²) in [6, 6.07) is 18.5. The van der Waals surface area contributed by atoms with Crippen LogP contribution in [0.3, 0.4) is 0 Å². The van der Waals surface area contributed by atoms with Crippen molar-refractivity contribution >= 4 is 11.6 Å². The van der Waals surface area contributed by atoms with Gasteiger partial charge in [0.05, 0.1) is 12.5 Å². The van der Waals surface area contributed by atoms with Crippen molar-refractivity contribution in [1.82, 2.24) is 0 Å². The lowest BCUT2D eigenvalue weighted by molar-refractivity contribution is -0.692. The molecule has 2 aromatic rings. The van der Waals surface area contributed by atoms with E-state index < -0.39 is 0 Å². The first-order chi connectivity index (χ1) is 12.9. The van der Waals surface area contributed by atoms with Gasteiger partial charge in [-0.15, -0.1) is 0 Å². The zero-order valence-corrected chi connectivity index (χ0v) is 16.7. The van der Waals surface area contributed by atoms with E-state index in [9.17, 15) is 4.79 Å². The van der Waals surface area contributed by atoms with Gasteiger partial charge in [-0.25, -0.2) is 0 Å². The van der Waals surface area contributed by atoms with E-state index in [1.807, 2.05) is 24.3 Å². The van der Waals surface area contributed by atoms with Gasteiger partial charge in [0.2, 0.25) is 0 Å². The highest BCUT2D eigenvalue weighted by Crippen LogP contribution is 2.21. The van der Waals surface area contributed by atoms with E-state index >= 15 is 0 Å². The largest absolute Gasteiger partial charge is 0.332 e. The molecule has 0 spiro atoms. The van der Waals surface area contributed by atoms with Crippen LogP contribution in [-0.2, 0) is 11.2 Å². The lowest BCUT2D eigenvalue weighted by Gasteiger charge is -2.20. The van der Waals surface area contributed by atoms with Gasteiger partial charge in [0.1, 0.15) is 6.04 Å². The number of amides is 1. The number of nitrogens with one attached hydrogen (secondary N) is 1. The van der Waals surface area contributed by atoms with Crippen LogP contribution in [0.5, 0.6) is 0 Å². The van der Waals surface area contributed by atoms with Gasteiger partial charge in [-0.05, 0) is 29.2 Å². The molecular weight excluding hydrogens is 334 g/mol. The predicted molar refractivity (Wildman–Crippen MR) is 109 cm³/mol. The molecule has 142 valence electrons. The standard InChI is InChI=1S/C23H29N3O/c1-16(2)19-7-9-20(10-8-19)23(17(3)4)25-15-22(27)26-21-11-5-18(6-12-21)13-14-24/h5-12,16-17,23,25H,13,15H2,1-4H3,(H,26,27)/p+1/t23-/m0/s1. The van der Waals surface area contributed by atoms with Crippen LogP contribution in [0.1, 0.15) is 56.3 Å².